The number of carbonyl (C=O) groups excluding carboxylic acids is 1. The lowest BCUT2D eigenvalue weighted by atomic mass is 9.55. The lowest BCUT2D eigenvalue weighted by molar-refractivity contribution is -0.0797. The van der Waals surface area contributed by atoms with Gasteiger partial charge in [0.25, 0.3) is 0 Å². The lowest BCUT2D eigenvalue weighted by Crippen LogP contribution is -2.63. The topological polar surface area (TPSA) is 32.3 Å². The second-order valence-corrected chi connectivity index (χ2v) is 9.40. The molecule has 130 valence electrons. The van der Waals surface area contributed by atoms with Gasteiger partial charge in [0.15, 0.2) is 0 Å². The van der Waals surface area contributed by atoms with E-state index in [4.69, 9.17) is 0 Å². The van der Waals surface area contributed by atoms with E-state index in [1.165, 1.54) is 32.1 Å². The Hall–Kier alpha value is -1.51. The first-order valence-electron chi connectivity index (χ1n) is 9.55. The molecule has 2 heterocycles. The summed E-state index contributed by atoms with van der Waals surface area (Å²) >= 11 is 0. The maximum atomic E-state index is 12.8. The SMILES string of the molecule is CC(C)(C)CC1C2CC3CC1CC(C2)N3C(=O)Nc1ccccc1. The molecular weight excluding hydrogens is 296 g/mol. The number of rotatable bonds is 2. The fraction of sp³-hybridized carbons (Fsp3) is 0.667. The lowest BCUT2D eigenvalue weighted by Gasteiger charge is -2.60. The Bertz CT molecular complexity index is 574. The fourth-order valence-corrected chi connectivity index (χ4v) is 5.70. The van der Waals surface area contributed by atoms with Gasteiger partial charge in [0.2, 0.25) is 0 Å². The molecule has 0 radical (unpaired) electrons. The van der Waals surface area contributed by atoms with Gasteiger partial charge in [0.1, 0.15) is 0 Å². The zero-order chi connectivity index (χ0) is 16.9. The number of nitrogens with one attached hydrogen (secondary N) is 1. The van der Waals surface area contributed by atoms with E-state index in [-0.39, 0.29) is 6.03 Å². The highest BCUT2D eigenvalue weighted by Crippen LogP contribution is 2.55. The van der Waals surface area contributed by atoms with Gasteiger partial charge in [-0.1, -0.05) is 39.0 Å². The Kier molecular flexibility index (Phi) is 3.85. The van der Waals surface area contributed by atoms with Gasteiger partial charge in [0, 0.05) is 17.8 Å². The van der Waals surface area contributed by atoms with Crippen LogP contribution in [0.15, 0.2) is 30.3 Å². The van der Waals surface area contributed by atoms with Crippen LogP contribution in [-0.2, 0) is 0 Å². The molecule has 2 aliphatic carbocycles. The molecule has 0 unspecified atom stereocenters. The molecule has 2 saturated heterocycles. The van der Waals surface area contributed by atoms with E-state index in [0.717, 1.165) is 23.4 Å². The van der Waals surface area contributed by atoms with E-state index in [9.17, 15) is 4.79 Å². The fourth-order valence-electron chi connectivity index (χ4n) is 5.70. The van der Waals surface area contributed by atoms with E-state index < -0.39 is 0 Å². The van der Waals surface area contributed by atoms with Crippen LogP contribution in [0.2, 0.25) is 0 Å². The van der Waals surface area contributed by atoms with Crippen molar-refractivity contribution in [2.75, 3.05) is 5.32 Å². The Labute approximate surface area is 145 Å². The molecule has 3 nitrogen and oxygen atoms in total. The normalized spacial score (nSPS) is 34.5. The van der Waals surface area contributed by atoms with Crippen LogP contribution < -0.4 is 5.32 Å². The van der Waals surface area contributed by atoms with E-state index in [1.54, 1.807) is 0 Å². The number of para-hydroxylation sites is 1. The Morgan fingerprint density at radius 3 is 2.08 bits per heavy atom. The van der Waals surface area contributed by atoms with Crippen molar-refractivity contribution in [1.82, 2.24) is 4.90 Å². The van der Waals surface area contributed by atoms with E-state index in [2.05, 4.69) is 31.0 Å². The summed E-state index contributed by atoms with van der Waals surface area (Å²) in [6, 6.07) is 10.9. The molecule has 1 N–H and O–H groups in total. The number of amides is 2. The van der Waals surface area contributed by atoms with E-state index >= 15 is 0 Å². The van der Waals surface area contributed by atoms with Crippen molar-refractivity contribution < 1.29 is 4.79 Å². The maximum Gasteiger partial charge on any atom is 0.322 e. The molecule has 0 aromatic heterocycles. The minimum atomic E-state index is 0.113. The molecular formula is C21H30N2O. The van der Waals surface area contributed by atoms with Crippen LogP contribution in [0, 0.1) is 23.2 Å². The zero-order valence-electron chi connectivity index (χ0n) is 15.2. The van der Waals surface area contributed by atoms with Gasteiger partial charge in [-0.3, -0.25) is 0 Å². The third-order valence-electron chi connectivity index (χ3n) is 6.40. The number of urea groups is 1. The van der Waals surface area contributed by atoms with Crippen molar-refractivity contribution >= 4 is 11.7 Å². The summed E-state index contributed by atoms with van der Waals surface area (Å²) in [5.74, 6) is 2.57. The highest BCUT2D eigenvalue weighted by molar-refractivity contribution is 5.90. The minimum absolute atomic E-state index is 0.113. The molecule has 2 amide bonds. The molecule has 2 aliphatic heterocycles. The van der Waals surface area contributed by atoms with Crippen LogP contribution in [0.25, 0.3) is 0 Å². The summed E-state index contributed by atoms with van der Waals surface area (Å²) in [5, 5.41) is 3.11. The number of anilines is 1. The number of hydrogen-bond acceptors (Lipinski definition) is 1. The second kappa shape index (κ2) is 5.79. The predicted octanol–water partition coefficient (Wildman–Crippen LogP) is 5.14. The first kappa shape index (κ1) is 16.0. The molecule has 4 bridgehead atoms. The Morgan fingerprint density at radius 2 is 1.58 bits per heavy atom. The third kappa shape index (κ3) is 2.94. The number of hydrogen-bond donors (Lipinski definition) is 1. The molecule has 3 heteroatoms. The average Bonchev–Trinajstić information content (AvgIpc) is 2.49. The second-order valence-electron chi connectivity index (χ2n) is 9.40. The van der Waals surface area contributed by atoms with Gasteiger partial charge >= 0.3 is 6.03 Å². The first-order chi connectivity index (χ1) is 11.4. The molecule has 24 heavy (non-hydrogen) atoms. The summed E-state index contributed by atoms with van der Waals surface area (Å²) in [6.45, 7) is 7.12. The van der Waals surface area contributed by atoms with Crippen LogP contribution in [0.4, 0.5) is 10.5 Å². The van der Waals surface area contributed by atoms with Crippen LogP contribution in [-0.4, -0.2) is 23.0 Å². The van der Waals surface area contributed by atoms with Gasteiger partial charge in [0.05, 0.1) is 0 Å². The van der Waals surface area contributed by atoms with Gasteiger partial charge in [-0.15, -0.1) is 0 Å². The highest BCUT2D eigenvalue weighted by atomic mass is 16.2. The van der Waals surface area contributed by atoms with Crippen molar-refractivity contribution in [3.05, 3.63) is 30.3 Å². The summed E-state index contributed by atoms with van der Waals surface area (Å²) in [7, 11) is 0. The Balaban J connectivity index is 1.45. The molecule has 1 aromatic carbocycles. The largest absolute Gasteiger partial charge is 0.322 e. The van der Waals surface area contributed by atoms with Crippen molar-refractivity contribution in [1.29, 1.82) is 0 Å². The Morgan fingerprint density at radius 1 is 1.04 bits per heavy atom. The molecule has 5 rings (SSSR count). The number of benzene rings is 1. The van der Waals surface area contributed by atoms with Crippen molar-refractivity contribution in [3.63, 3.8) is 0 Å². The van der Waals surface area contributed by atoms with Crippen molar-refractivity contribution in [2.24, 2.45) is 23.2 Å². The highest BCUT2D eigenvalue weighted by Gasteiger charge is 2.53. The van der Waals surface area contributed by atoms with Crippen LogP contribution in [0.1, 0.15) is 52.9 Å². The maximum absolute atomic E-state index is 12.8. The van der Waals surface area contributed by atoms with E-state index in [1.807, 2.05) is 30.3 Å². The third-order valence-corrected chi connectivity index (χ3v) is 6.40. The van der Waals surface area contributed by atoms with Crippen LogP contribution in [0.3, 0.4) is 0 Å². The van der Waals surface area contributed by atoms with Gasteiger partial charge in [-0.2, -0.15) is 0 Å². The van der Waals surface area contributed by atoms with Crippen LogP contribution in [0.5, 0.6) is 0 Å². The molecule has 4 aliphatic rings. The molecule has 2 saturated carbocycles. The summed E-state index contributed by atoms with van der Waals surface area (Å²) in [6.07, 6.45) is 6.22. The smallest absolute Gasteiger partial charge is 0.319 e. The zero-order valence-corrected chi connectivity index (χ0v) is 15.2. The summed E-state index contributed by atoms with van der Waals surface area (Å²) in [4.78, 5) is 15.0. The summed E-state index contributed by atoms with van der Waals surface area (Å²) in [5.41, 5.74) is 1.33. The van der Waals surface area contributed by atoms with Gasteiger partial charge in [-0.25, -0.2) is 4.79 Å². The first-order valence-corrected chi connectivity index (χ1v) is 9.55. The van der Waals surface area contributed by atoms with Crippen LogP contribution >= 0.6 is 0 Å². The molecule has 0 spiro atoms. The molecule has 4 fully saturated rings. The average molecular weight is 326 g/mol. The molecule has 1 aromatic rings. The summed E-state index contributed by atoms with van der Waals surface area (Å²) < 4.78 is 0. The standard InChI is InChI=1S/C21H30N2O/c1-21(2,3)13-19-14-9-17-11-15(19)12-18(10-14)23(17)20(24)22-16-7-5-4-6-8-16/h4-8,14-15,17-19H,9-13H2,1-3H3,(H,22,24). The number of carbonyl (C=O) groups is 1. The quantitative estimate of drug-likeness (QED) is 0.801. The van der Waals surface area contributed by atoms with Crippen molar-refractivity contribution in [2.45, 2.75) is 65.0 Å². The number of piperidine rings is 2. The molecule has 0 atom stereocenters. The van der Waals surface area contributed by atoms with Gasteiger partial charge < -0.3 is 10.2 Å². The number of nitrogens with zero attached hydrogens (tertiary/aromatic N) is 1. The predicted molar refractivity (Wildman–Crippen MR) is 97.9 cm³/mol. The van der Waals surface area contributed by atoms with E-state index in [0.29, 0.717) is 17.5 Å². The monoisotopic (exact) mass is 326 g/mol. The minimum Gasteiger partial charge on any atom is -0.319 e. The van der Waals surface area contributed by atoms with Gasteiger partial charge in [-0.05, 0) is 67.4 Å². The van der Waals surface area contributed by atoms with Crippen molar-refractivity contribution in [3.8, 4) is 0 Å².